The molecule has 2 heterocycles. The van der Waals surface area contributed by atoms with Gasteiger partial charge in [0.25, 0.3) is 5.91 Å². The molecule has 0 atom stereocenters. The van der Waals surface area contributed by atoms with E-state index in [0.29, 0.717) is 26.2 Å². The Balaban J connectivity index is 1.77. The van der Waals surface area contributed by atoms with E-state index in [2.05, 4.69) is 10.6 Å². The van der Waals surface area contributed by atoms with Gasteiger partial charge in [-0.3, -0.25) is 19.8 Å². The maximum Gasteiger partial charge on any atom is 0.321 e. The van der Waals surface area contributed by atoms with Gasteiger partial charge in [-0.25, -0.2) is 4.79 Å². The molecule has 0 saturated carbocycles. The van der Waals surface area contributed by atoms with Crippen molar-refractivity contribution in [2.45, 2.75) is 0 Å². The van der Waals surface area contributed by atoms with Crippen LogP contribution in [0.1, 0.15) is 9.67 Å². The van der Waals surface area contributed by atoms with Gasteiger partial charge in [0.05, 0.1) is 11.4 Å². The van der Waals surface area contributed by atoms with Gasteiger partial charge in [-0.1, -0.05) is 6.07 Å². The zero-order valence-electron chi connectivity index (χ0n) is 11.8. The minimum atomic E-state index is -0.508. The fourth-order valence-corrected chi connectivity index (χ4v) is 2.79. The van der Waals surface area contributed by atoms with Gasteiger partial charge in [0.1, 0.15) is 0 Å². The van der Waals surface area contributed by atoms with E-state index in [1.54, 1.807) is 4.90 Å². The first-order valence-corrected chi connectivity index (χ1v) is 7.55. The monoisotopic (exact) mass is 310 g/mol. The van der Waals surface area contributed by atoms with E-state index in [1.165, 1.54) is 18.4 Å². The third kappa shape index (κ3) is 4.27. The number of carbonyl (C=O) groups excluding carboxylic acids is 3. The highest BCUT2D eigenvalue weighted by atomic mass is 32.1. The van der Waals surface area contributed by atoms with Crippen molar-refractivity contribution in [2.24, 2.45) is 0 Å². The van der Waals surface area contributed by atoms with Gasteiger partial charge in [0, 0.05) is 33.2 Å². The number of piperazine rings is 1. The number of carbonyl (C=O) groups is 3. The van der Waals surface area contributed by atoms with Gasteiger partial charge in [-0.15, -0.1) is 11.3 Å². The van der Waals surface area contributed by atoms with Gasteiger partial charge in [0.2, 0.25) is 5.91 Å². The molecule has 1 fully saturated rings. The van der Waals surface area contributed by atoms with E-state index in [-0.39, 0.29) is 18.4 Å². The summed E-state index contributed by atoms with van der Waals surface area (Å²) in [6.07, 6.45) is 0. The Morgan fingerprint density at radius 2 is 1.95 bits per heavy atom. The summed E-state index contributed by atoms with van der Waals surface area (Å²) in [5.74, 6) is -0.299. The van der Waals surface area contributed by atoms with Crippen molar-refractivity contribution in [3.63, 3.8) is 0 Å². The molecule has 0 radical (unpaired) electrons. The molecule has 0 unspecified atom stereocenters. The highest BCUT2D eigenvalue weighted by Crippen LogP contribution is 2.13. The molecule has 1 aliphatic rings. The summed E-state index contributed by atoms with van der Waals surface area (Å²) < 4.78 is 0. The lowest BCUT2D eigenvalue weighted by Gasteiger charge is -2.34. The molecule has 0 aliphatic carbocycles. The van der Waals surface area contributed by atoms with Crippen LogP contribution in [0.15, 0.2) is 17.5 Å². The minimum Gasteiger partial charge on any atom is -0.341 e. The zero-order valence-corrected chi connectivity index (χ0v) is 12.6. The number of hydrogen-bond acceptors (Lipinski definition) is 5. The van der Waals surface area contributed by atoms with Crippen LogP contribution in [0.25, 0.3) is 0 Å². The van der Waals surface area contributed by atoms with Crippen LogP contribution < -0.4 is 10.6 Å². The molecule has 1 aromatic rings. The number of nitrogens with one attached hydrogen (secondary N) is 2. The fourth-order valence-electron chi connectivity index (χ4n) is 2.10. The SMILES string of the molecule is CNC(=O)NC(=O)CN1CCN(C(=O)c2cccs2)CC1. The Bertz CT molecular complexity index is 509. The third-order valence-corrected chi connectivity index (χ3v) is 4.10. The number of urea groups is 1. The zero-order chi connectivity index (χ0) is 15.2. The lowest BCUT2D eigenvalue weighted by molar-refractivity contribution is -0.121. The summed E-state index contributed by atoms with van der Waals surface area (Å²) >= 11 is 1.43. The maximum atomic E-state index is 12.2. The molecular weight excluding hydrogens is 292 g/mol. The van der Waals surface area contributed by atoms with Crippen LogP contribution in [0, 0.1) is 0 Å². The summed E-state index contributed by atoms with van der Waals surface area (Å²) in [4.78, 5) is 39.2. The molecule has 1 aliphatic heterocycles. The van der Waals surface area contributed by atoms with E-state index in [4.69, 9.17) is 0 Å². The number of hydrogen-bond donors (Lipinski definition) is 2. The number of thiophene rings is 1. The van der Waals surface area contributed by atoms with Crippen molar-refractivity contribution < 1.29 is 14.4 Å². The molecule has 0 bridgehead atoms. The van der Waals surface area contributed by atoms with Crippen LogP contribution in [-0.4, -0.2) is 67.4 Å². The summed E-state index contributed by atoms with van der Waals surface area (Å²) in [7, 11) is 1.46. The Kier molecular flexibility index (Phi) is 5.29. The predicted molar refractivity (Wildman–Crippen MR) is 79.3 cm³/mol. The molecule has 0 spiro atoms. The Morgan fingerprint density at radius 1 is 1.24 bits per heavy atom. The van der Waals surface area contributed by atoms with Crippen molar-refractivity contribution in [3.8, 4) is 0 Å². The van der Waals surface area contributed by atoms with Crippen LogP contribution in [0.2, 0.25) is 0 Å². The third-order valence-electron chi connectivity index (χ3n) is 3.24. The van der Waals surface area contributed by atoms with E-state index >= 15 is 0 Å². The van der Waals surface area contributed by atoms with E-state index in [1.807, 2.05) is 22.4 Å². The summed E-state index contributed by atoms with van der Waals surface area (Å²) in [6.45, 7) is 2.58. The molecule has 0 aromatic carbocycles. The molecule has 2 N–H and O–H groups in total. The average molecular weight is 310 g/mol. The molecule has 4 amide bonds. The normalized spacial score (nSPS) is 15.6. The molecular formula is C13H18N4O3S. The van der Waals surface area contributed by atoms with Gasteiger partial charge >= 0.3 is 6.03 Å². The van der Waals surface area contributed by atoms with Crippen LogP contribution in [-0.2, 0) is 4.79 Å². The van der Waals surface area contributed by atoms with Gasteiger partial charge < -0.3 is 10.2 Å². The van der Waals surface area contributed by atoms with E-state index in [0.717, 1.165) is 4.88 Å². The summed E-state index contributed by atoms with van der Waals surface area (Å²) in [6, 6.07) is 3.17. The average Bonchev–Trinajstić information content (AvgIpc) is 3.01. The quantitative estimate of drug-likeness (QED) is 0.821. The standard InChI is InChI=1S/C13H18N4O3S/c1-14-13(20)15-11(18)9-16-4-6-17(7-5-16)12(19)10-3-2-8-21-10/h2-3,8H,4-7,9H2,1H3,(H2,14,15,18,20). The van der Waals surface area contributed by atoms with Crippen molar-refractivity contribution in [1.82, 2.24) is 20.4 Å². The molecule has 7 nitrogen and oxygen atoms in total. The number of nitrogens with zero attached hydrogens (tertiary/aromatic N) is 2. The van der Waals surface area contributed by atoms with Crippen LogP contribution in [0.3, 0.4) is 0 Å². The fraction of sp³-hybridized carbons (Fsp3) is 0.462. The maximum absolute atomic E-state index is 12.2. The summed E-state index contributed by atoms with van der Waals surface area (Å²) in [5.41, 5.74) is 0. The molecule has 8 heteroatoms. The first-order valence-electron chi connectivity index (χ1n) is 6.67. The van der Waals surface area contributed by atoms with E-state index < -0.39 is 6.03 Å². The first-order chi connectivity index (χ1) is 10.1. The largest absolute Gasteiger partial charge is 0.341 e. The molecule has 1 aromatic heterocycles. The lowest BCUT2D eigenvalue weighted by atomic mass is 10.3. The van der Waals surface area contributed by atoms with Crippen LogP contribution in [0.4, 0.5) is 4.79 Å². The Labute approximate surface area is 126 Å². The number of amides is 4. The molecule has 21 heavy (non-hydrogen) atoms. The van der Waals surface area contributed by atoms with Gasteiger partial charge in [-0.2, -0.15) is 0 Å². The van der Waals surface area contributed by atoms with Crippen LogP contribution >= 0.6 is 11.3 Å². The lowest BCUT2D eigenvalue weighted by Crippen LogP contribution is -2.52. The second-order valence-electron chi connectivity index (χ2n) is 4.67. The second kappa shape index (κ2) is 7.19. The van der Waals surface area contributed by atoms with Gasteiger partial charge in [0.15, 0.2) is 0 Å². The Morgan fingerprint density at radius 3 is 2.52 bits per heavy atom. The van der Waals surface area contributed by atoms with Gasteiger partial charge in [-0.05, 0) is 11.4 Å². The molecule has 114 valence electrons. The summed E-state index contributed by atoms with van der Waals surface area (Å²) in [5, 5.41) is 6.43. The number of rotatable bonds is 3. The minimum absolute atomic E-state index is 0.0412. The van der Waals surface area contributed by atoms with E-state index in [9.17, 15) is 14.4 Å². The van der Waals surface area contributed by atoms with Crippen molar-refractivity contribution in [1.29, 1.82) is 0 Å². The topological polar surface area (TPSA) is 81.8 Å². The molecule has 2 rings (SSSR count). The second-order valence-corrected chi connectivity index (χ2v) is 5.62. The molecule has 1 saturated heterocycles. The van der Waals surface area contributed by atoms with Crippen molar-refractivity contribution in [3.05, 3.63) is 22.4 Å². The Hall–Kier alpha value is -1.93. The predicted octanol–water partition coefficient (Wildman–Crippen LogP) is -0.0385. The smallest absolute Gasteiger partial charge is 0.321 e. The first kappa shape index (κ1) is 15.5. The van der Waals surface area contributed by atoms with Crippen LogP contribution in [0.5, 0.6) is 0 Å². The number of imide groups is 1. The van der Waals surface area contributed by atoms with Crippen molar-refractivity contribution in [2.75, 3.05) is 39.8 Å². The highest BCUT2D eigenvalue weighted by molar-refractivity contribution is 7.12. The van der Waals surface area contributed by atoms with Crippen molar-refractivity contribution >= 4 is 29.2 Å². The highest BCUT2D eigenvalue weighted by Gasteiger charge is 2.23.